The van der Waals surface area contributed by atoms with Crippen LogP contribution in [-0.4, -0.2) is 36.7 Å². The van der Waals surface area contributed by atoms with Crippen LogP contribution < -0.4 is 5.32 Å². The van der Waals surface area contributed by atoms with Gasteiger partial charge in [0.1, 0.15) is 0 Å². The van der Waals surface area contributed by atoms with Crippen molar-refractivity contribution in [3.05, 3.63) is 29.3 Å². The van der Waals surface area contributed by atoms with E-state index >= 15 is 0 Å². The topological polar surface area (TPSA) is 41.6 Å². The predicted octanol–water partition coefficient (Wildman–Crippen LogP) is 3.37. The minimum Gasteiger partial charge on any atom is -0.450 e. The fourth-order valence-electron chi connectivity index (χ4n) is 2.20. The molecule has 0 aromatic heterocycles. The first-order valence-corrected chi connectivity index (χ1v) is 7.00. The quantitative estimate of drug-likeness (QED) is 0.924. The van der Waals surface area contributed by atoms with Gasteiger partial charge in [0.05, 0.1) is 6.61 Å². The number of halogens is 1. The first-order chi connectivity index (χ1) is 9.19. The van der Waals surface area contributed by atoms with E-state index in [1.807, 2.05) is 31.2 Å². The van der Waals surface area contributed by atoms with Crippen molar-refractivity contribution in [3.8, 4) is 0 Å². The molecule has 1 aliphatic heterocycles. The summed E-state index contributed by atoms with van der Waals surface area (Å²) < 4.78 is 5.00. The molecule has 4 nitrogen and oxygen atoms in total. The molecule has 1 saturated heterocycles. The van der Waals surface area contributed by atoms with E-state index in [9.17, 15) is 4.79 Å². The van der Waals surface area contributed by atoms with Crippen molar-refractivity contribution in [3.63, 3.8) is 0 Å². The number of carbonyl (C=O) groups is 1. The van der Waals surface area contributed by atoms with Crippen molar-refractivity contribution < 1.29 is 9.53 Å². The molecule has 1 aliphatic rings. The molecule has 0 bridgehead atoms. The van der Waals surface area contributed by atoms with E-state index in [4.69, 9.17) is 16.3 Å². The Labute approximate surface area is 118 Å². The average molecular weight is 283 g/mol. The fourth-order valence-corrected chi connectivity index (χ4v) is 2.33. The van der Waals surface area contributed by atoms with Gasteiger partial charge in [-0.2, -0.15) is 0 Å². The second-order valence-electron chi connectivity index (χ2n) is 4.61. The van der Waals surface area contributed by atoms with Crippen LogP contribution in [0.4, 0.5) is 10.5 Å². The Morgan fingerprint density at radius 3 is 2.58 bits per heavy atom. The van der Waals surface area contributed by atoms with Crippen LogP contribution in [0, 0.1) is 0 Å². The largest absolute Gasteiger partial charge is 0.450 e. The van der Waals surface area contributed by atoms with Crippen molar-refractivity contribution in [1.82, 2.24) is 4.90 Å². The zero-order valence-electron chi connectivity index (χ0n) is 11.1. The fraction of sp³-hybridized carbons (Fsp3) is 0.500. The number of likely N-dealkylation sites (tertiary alicyclic amines) is 1. The molecule has 0 unspecified atom stereocenters. The average Bonchev–Trinajstić information content (AvgIpc) is 2.42. The second-order valence-corrected chi connectivity index (χ2v) is 5.05. The van der Waals surface area contributed by atoms with E-state index in [2.05, 4.69) is 5.32 Å². The zero-order chi connectivity index (χ0) is 13.7. The number of amides is 1. The Morgan fingerprint density at radius 2 is 2.00 bits per heavy atom. The van der Waals surface area contributed by atoms with E-state index in [-0.39, 0.29) is 6.09 Å². The summed E-state index contributed by atoms with van der Waals surface area (Å²) in [5, 5.41) is 4.20. The lowest BCUT2D eigenvalue weighted by molar-refractivity contribution is 0.0983. The van der Waals surface area contributed by atoms with E-state index in [1.165, 1.54) is 0 Å². The molecule has 1 fully saturated rings. The van der Waals surface area contributed by atoms with Crippen molar-refractivity contribution >= 4 is 23.4 Å². The summed E-state index contributed by atoms with van der Waals surface area (Å²) in [6.07, 6.45) is 1.66. The molecule has 1 amide bonds. The number of ether oxygens (including phenoxy) is 1. The number of carbonyl (C=O) groups excluding carboxylic acids is 1. The van der Waals surface area contributed by atoms with Crippen molar-refractivity contribution in [2.24, 2.45) is 0 Å². The molecule has 0 aliphatic carbocycles. The maximum absolute atomic E-state index is 11.6. The van der Waals surface area contributed by atoms with Gasteiger partial charge in [-0.1, -0.05) is 11.6 Å². The van der Waals surface area contributed by atoms with Gasteiger partial charge >= 0.3 is 6.09 Å². The van der Waals surface area contributed by atoms with Crippen LogP contribution in [0.3, 0.4) is 0 Å². The van der Waals surface area contributed by atoms with Gasteiger partial charge in [0.15, 0.2) is 0 Å². The maximum atomic E-state index is 11.6. The Kier molecular flexibility index (Phi) is 4.91. The lowest BCUT2D eigenvalue weighted by atomic mass is 10.1. The molecular weight excluding hydrogens is 264 g/mol. The first-order valence-electron chi connectivity index (χ1n) is 6.63. The smallest absolute Gasteiger partial charge is 0.409 e. The summed E-state index contributed by atoms with van der Waals surface area (Å²) in [6, 6.07) is 8.09. The third-order valence-corrected chi connectivity index (χ3v) is 3.49. The SMILES string of the molecule is CCOC(=O)N1CCC(Nc2ccc(Cl)cc2)CC1. The number of nitrogens with zero attached hydrogens (tertiary/aromatic N) is 1. The van der Waals surface area contributed by atoms with Crippen LogP contribution in [0.5, 0.6) is 0 Å². The highest BCUT2D eigenvalue weighted by atomic mass is 35.5. The van der Waals surface area contributed by atoms with Crippen LogP contribution in [0.25, 0.3) is 0 Å². The molecule has 0 spiro atoms. The van der Waals surface area contributed by atoms with Crippen molar-refractivity contribution in [2.75, 3.05) is 25.0 Å². The lowest BCUT2D eigenvalue weighted by Gasteiger charge is -2.32. The number of hydrogen-bond acceptors (Lipinski definition) is 3. The summed E-state index contributed by atoms with van der Waals surface area (Å²) in [5.41, 5.74) is 1.07. The standard InChI is InChI=1S/C14H19ClN2O2/c1-2-19-14(18)17-9-7-13(8-10-17)16-12-5-3-11(15)4-6-12/h3-6,13,16H,2,7-10H2,1H3. The Hall–Kier alpha value is -1.42. The third kappa shape index (κ3) is 4.03. The Bertz CT molecular complexity index is 414. The molecule has 104 valence electrons. The summed E-state index contributed by atoms with van der Waals surface area (Å²) in [4.78, 5) is 13.3. The first kappa shape index (κ1) is 14.0. The van der Waals surface area contributed by atoms with Crippen molar-refractivity contribution in [1.29, 1.82) is 0 Å². The highest BCUT2D eigenvalue weighted by Gasteiger charge is 2.23. The van der Waals surface area contributed by atoms with Gasteiger partial charge in [-0.15, -0.1) is 0 Å². The van der Waals surface area contributed by atoms with E-state index in [0.29, 0.717) is 12.6 Å². The zero-order valence-corrected chi connectivity index (χ0v) is 11.8. The number of anilines is 1. The van der Waals surface area contributed by atoms with E-state index in [1.54, 1.807) is 4.90 Å². The molecule has 1 heterocycles. The monoisotopic (exact) mass is 282 g/mol. The van der Waals surface area contributed by atoms with Crippen molar-refractivity contribution in [2.45, 2.75) is 25.8 Å². The van der Waals surface area contributed by atoms with Gasteiger partial charge in [-0.25, -0.2) is 4.79 Å². The highest BCUT2D eigenvalue weighted by molar-refractivity contribution is 6.30. The van der Waals surface area contributed by atoms with Gasteiger partial charge in [-0.05, 0) is 44.0 Å². The lowest BCUT2D eigenvalue weighted by Crippen LogP contribution is -2.42. The molecule has 2 rings (SSSR count). The van der Waals surface area contributed by atoms with Crippen LogP contribution in [-0.2, 0) is 4.74 Å². The molecule has 0 saturated carbocycles. The minimum atomic E-state index is -0.201. The van der Waals surface area contributed by atoms with Crippen LogP contribution in [0.1, 0.15) is 19.8 Å². The summed E-state index contributed by atoms with van der Waals surface area (Å²) in [6.45, 7) is 3.74. The van der Waals surface area contributed by atoms with Crippen LogP contribution in [0.2, 0.25) is 5.02 Å². The Morgan fingerprint density at radius 1 is 1.37 bits per heavy atom. The number of nitrogens with one attached hydrogen (secondary N) is 1. The van der Waals surface area contributed by atoms with Gasteiger partial charge in [0, 0.05) is 29.8 Å². The van der Waals surface area contributed by atoms with Gasteiger partial charge in [-0.3, -0.25) is 0 Å². The summed E-state index contributed by atoms with van der Waals surface area (Å²) in [5.74, 6) is 0. The molecule has 5 heteroatoms. The minimum absolute atomic E-state index is 0.201. The third-order valence-electron chi connectivity index (χ3n) is 3.24. The van der Waals surface area contributed by atoms with Gasteiger partial charge in [0.25, 0.3) is 0 Å². The molecule has 0 atom stereocenters. The number of piperidine rings is 1. The maximum Gasteiger partial charge on any atom is 0.409 e. The highest BCUT2D eigenvalue weighted by Crippen LogP contribution is 2.19. The molecule has 1 aromatic rings. The Balaban J connectivity index is 1.80. The van der Waals surface area contributed by atoms with Gasteiger partial charge in [0.2, 0.25) is 0 Å². The molecule has 1 N–H and O–H groups in total. The van der Waals surface area contributed by atoms with Gasteiger partial charge < -0.3 is 15.0 Å². The van der Waals surface area contributed by atoms with Crippen LogP contribution >= 0.6 is 11.6 Å². The summed E-state index contributed by atoms with van der Waals surface area (Å²) >= 11 is 5.85. The van der Waals surface area contributed by atoms with E-state index in [0.717, 1.165) is 36.6 Å². The molecular formula is C14H19ClN2O2. The predicted molar refractivity (Wildman–Crippen MR) is 76.7 cm³/mol. The normalized spacial score (nSPS) is 16.2. The summed E-state index contributed by atoms with van der Waals surface area (Å²) in [7, 11) is 0. The molecule has 19 heavy (non-hydrogen) atoms. The molecule has 1 aromatic carbocycles. The second kappa shape index (κ2) is 6.66. The number of hydrogen-bond donors (Lipinski definition) is 1. The molecule has 0 radical (unpaired) electrons. The van der Waals surface area contributed by atoms with E-state index < -0.39 is 0 Å². The number of rotatable bonds is 3. The number of benzene rings is 1. The van der Waals surface area contributed by atoms with Crippen LogP contribution in [0.15, 0.2) is 24.3 Å².